The van der Waals surface area contributed by atoms with Gasteiger partial charge in [-0.3, -0.25) is 24.6 Å². The second-order valence-electron chi connectivity index (χ2n) is 16.7. The predicted molar refractivity (Wildman–Crippen MR) is 218 cm³/mol. The maximum Gasteiger partial charge on any atom is 0.255 e. The van der Waals surface area contributed by atoms with Crippen LogP contribution in [0.1, 0.15) is 70.1 Å². The molecule has 0 spiro atoms. The highest BCUT2D eigenvalue weighted by atomic mass is 16.5. The fraction of sp³-hybridized carbons (Fsp3) is 0.413. The summed E-state index contributed by atoms with van der Waals surface area (Å²) in [6, 6.07) is 26.3. The maximum absolute atomic E-state index is 13.4. The average Bonchev–Trinajstić information content (AvgIpc) is 3.59. The first-order valence-corrected chi connectivity index (χ1v) is 20.7. The number of rotatable bonds is 7. The van der Waals surface area contributed by atoms with Gasteiger partial charge in [-0.25, -0.2) is 0 Å². The normalized spacial score (nSPS) is 24.6. The number of hydrogen-bond donors (Lipinski definition) is 2. The molecule has 0 aromatic heterocycles. The molecular formula is C46H49N5O7. The number of piperidine rings is 2. The molecule has 3 saturated heterocycles. The van der Waals surface area contributed by atoms with Crippen LogP contribution in [0.5, 0.6) is 23.0 Å². The Morgan fingerprint density at radius 3 is 2.50 bits per heavy atom. The number of benzene rings is 4. The Morgan fingerprint density at radius 1 is 0.845 bits per heavy atom. The molecule has 6 aliphatic heterocycles. The van der Waals surface area contributed by atoms with Crippen molar-refractivity contribution in [1.29, 1.82) is 0 Å². The van der Waals surface area contributed by atoms with Crippen molar-refractivity contribution in [2.75, 3.05) is 69.4 Å². The average molecular weight is 784 g/mol. The zero-order valence-electron chi connectivity index (χ0n) is 32.8. The molecule has 0 radical (unpaired) electrons. The van der Waals surface area contributed by atoms with Crippen molar-refractivity contribution in [3.63, 3.8) is 0 Å². The van der Waals surface area contributed by atoms with Crippen molar-refractivity contribution >= 4 is 29.1 Å². The van der Waals surface area contributed by atoms with E-state index in [1.807, 2.05) is 30.3 Å². The van der Waals surface area contributed by atoms with Gasteiger partial charge >= 0.3 is 0 Å². The van der Waals surface area contributed by atoms with E-state index in [9.17, 15) is 19.5 Å². The third-order valence-electron chi connectivity index (χ3n) is 13.4. The van der Waals surface area contributed by atoms with Gasteiger partial charge in [0.25, 0.3) is 5.91 Å². The molecule has 2 N–H and O–H groups in total. The molecule has 4 aromatic carbocycles. The lowest BCUT2D eigenvalue weighted by Crippen LogP contribution is -2.58. The minimum atomic E-state index is -0.641. The first kappa shape index (κ1) is 36.6. The third-order valence-corrected chi connectivity index (χ3v) is 13.4. The Kier molecular flexibility index (Phi) is 9.39. The van der Waals surface area contributed by atoms with Gasteiger partial charge in [-0.05, 0) is 78.8 Å². The summed E-state index contributed by atoms with van der Waals surface area (Å²) < 4.78 is 18.2. The molecule has 12 nitrogen and oxygen atoms in total. The maximum atomic E-state index is 13.4. The first-order chi connectivity index (χ1) is 28.3. The summed E-state index contributed by atoms with van der Waals surface area (Å²) in [7, 11) is 1.69. The molecule has 12 heteroatoms. The van der Waals surface area contributed by atoms with Gasteiger partial charge in [0.1, 0.15) is 35.6 Å². The van der Waals surface area contributed by atoms with Crippen LogP contribution < -0.4 is 29.3 Å². The largest absolute Gasteiger partial charge is 0.508 e. The summed E-state index contributed by atoms with van der Waals surface area (Å²) in [5.41, 5.74) is 7.18. The molecule has 6 heterocycles. The van der Waals surface area contributed by atoms with E-state index in [1.54, 1.807) is 24.1 Å². The summed E-state index contributed by atoms with van der Waals surface area (Å²) in [6.45, 7) is 7.32. The van der Waals surface area contributed by atoms with Gasteiger partial charge in [-0.1, -0.05) is 30.3 Å². The van der Waals surface area contributed by atoms with Crippen LogP contribution in [-0.2, 0) is 16.1 Å². The summed E-state index contributed by atoms with van der Waals surface area (Å²) in [5.74, 6) is 2.46. The molecule has 3 amide bonds. The Morgan fingerprint density at radius 2 is 1.69 bits per heavy atom. The quantitative estimate of drug-likeness (QED) is 0.240. The number of imide groups is 1. The second kappa shape index (κ2) is 14.9. The van der Waals surface area contributed by atoms with Crippen LogP contribution in [0.25, 0.3) is 0 Å². The topological polar surface area (TPSA) is 124 Å². The van der Waals surface area contributed by atoms with Gasteiger partial charge in [0.2, 0.25) is 11.8 Å². The number of ether oxygens (including phenoxy) is 3. The Balaban J connectivity index is 0.762. The molecule has 0 aliphatic carbocycles. The molecule has 300 valence electrons. The van der Waals surface area contributed by atoms with Crippen molar-refractivity contribution < 1.29 is 33.7 Å². The number of carbonyl (C=O) groups excluding carboxylic acids is 3. The molecule has 58 heavy (non-hydrogen) atoms. The van der Waals surface area contributed by atoms with Crippen molar-refractivity contribution in [3.05, 3.63) is 107 Å². The summed E-state index contributed by atoms with van der Waals surface area (Å²) in [5, 5.41) is 12.6. The number of carbonyl (C=O) groups is 3. The molecule has 10 rings (SSSR count). The van der Waals surface area contributed by atoms with Crippen molar-refractivity contribution in [1.82, 2.24) is 15.1 Å². The van der Waals surface area contributed by atoms with E-state index in [0.29, 0.717) is 37.7 Å². The van der Waals surface area contributed by atoms with Crippen molar-refractivity contribution in [2.24, 2.45) is 5.92 Å². The molecule has 3 fully saturated rings. The predicted octanol–water partition coefficient (Wildman–Crippen LogP) is 5.27. The minimum absolute atomic E-state index is 0.0695. The number of nitrogens with zero attached hydrogens (tertiary/aromatic N) is 4. The Bertz CT molecular complexity index is 2260. The number of fused-ring (bicyclic) bond motifs is 6. The number of nitrogens with one attached hydrogen (secondary N) is 1. The minimum Gasteiger partial charge on any atom is -0.508 e. The van der Waals surface area contributed by atoms with E-state index in [0.717, 1.165) is 91.7 Å². The molecule has 6 aliphatic rings. The van der Waals surface area contributed by atoms with E-state index in [1.165, 1.54) is 11.3 Å². The van der Waals surface area contributed by atoms with Gasteiger partial charge in [0.05, 0.1) is 32.0 Å². The van der Waals surface area contributed by atoms with E-state index in [4.69, 9.17) is 14.2 Å². The number of aromatic hydroxyl groups is 1. The number of phenols is 1. The lowest BCUT2D eigenvalue weighted by atomic mass is 9.76. The Labute approximate surface area is 338 Å². The van der Waals surface area contributed by atoms with Crippen molar-refractivity contribution in [3.8, 4) is 23.0 Å². The van der Waals surface area contributed by atoms with Gasteiger partial charge in [-0.15, -0.1) is 0 Å². The second-order valence-corrected chi connectivity index (χ2v) is 16.7. The van der Waals surface area contributed by atoms with Gasteiger partial charge in [0.15, 0.2) is 0 Å². The monoisotopic (exact) mass is 783 g/mol. The highest BCUT2D eigenvalue weighted by Gasteiger charge is 2.43. The van der Waals surface area contributed by atoms with Crippen LogP contribution in [0.15, 0.2) is 78.9 Å². The van der Waals surface area contributed by atoms with Gasteiger partial charge in [0, 0.05) is 86.0 Å². The van der Waals surface area contributed by atoms with Crippen LogP contribution in [0.4, 0.5) is 11.4 Å². The van der Waals surface area contributed by atoms with Crippen LogP contribution in [0, 0.1) is 5.92 Å². The number of phenolic OH excluding ortho intramolecular Hbond substituents is 1. The lowest BCUT2D eigenvalue weighted by molar-refractivity contribution is -0.136. The SMILES string of the molecule is COc1cccc([C@@H]2COc3cc(O)ccc3[C@@H]2c2ccc(N3CCC(CN4CCN5c6ccc7c(c6OC[C@H]5C4)CN(C4CCC(=O)NC4=O)C7=O)CC3)cc2)c1. The fourth-order valence-corrected chi connectivity index (χ4v) is 10.3. The number of amides is 3. The zero-order chi connectivity index (χ0) is 39.5. The van der Waals surface area contributed by atoms with E-state index in [-0.39, 0.29) is 41.9 Å². The summed E-state index contributed by atoms with van der Waals surface area (Å²) in [6.07, 6.45) is 2.87. The van der Waals surface area contributed by atoms with E-state index in [2.05, 4.69) is 56.4 Å². The fourth-order valence-electron chi connectivity index (χ4n) is 10.3. The standard InChI is InChI=1S/C46H49N5O7/c1-56-34-4-2-3-30(21-34)38-27-57-41-22-33(52)9-10-36(41)43(38)29-5-7-31(8-6-29)49-17-15-28(16-18-49)23-48-19-20-50-32(24-48)26-58-44-37-25-51(40-13-14-42(53)47-45(40)54)46(55)35(37)11-12-39(44)50/h2-12,21-22,28,32,38,40,43,52H,13-20,23-27H2,1H3,(H,47,53,54)/t32-,38+,40?,43+/m1/s1. The summed E-state index contributed by atoms with van der Waals surface area (Å²) >= 11 is 0. The molecular weight excluding hydrogens is 735 g/mol. The third kappa shape index (κ3) is 6.57. The van der Waals surface area contributed by atoms with Crippen LogP contribution in [-0.4, -0.2) is 104 Å². The zero-order valence-corrected chi connectivity index (χ0v) is 32.8. The molecule has 0 saturated carbocycles. The number of anilines is 2. The van der Waals surface area contributed by atoms with Gasteiger partial charge in [-0.2, -0.15) is 0 Å². The van der Waals surface area contributed by atoms with Crippen LogP contribution >= 0.6 is 0 Å². The van der Waals surface area contributed by atoms with Gasteiger partial charge < -0.3 is 34.0 Å². The summed E-state index contributed by atoms with van der Waals surface area (Å²) in [4.78, 5) is 46.9. The lowest BCUT2D eigenvalue weighted by Gasteiger charge is -2.47. The molecule has 4 atom stereocenters. The van der Waals surface area contributed by atoms with Crippen molar-refractivity contribution in [2.45, 2.75) is 56.1 Å². The van der Waals surface area contributed by atoms with E-state index < -0.39 is 11.9 Å². The van der Waals surface area contributed by atoms with E-state index >= 15 is 0 Å². The first-order valence-electron chi connectivity index (χ1n) is 20.7. The molecule has 4 aromatic rings. The van der Waals surface area contributed by atoms with Crippen LogP contribution in [0.3, 0.4) is 0 Å². The van der Waals surface area contributed by atoms with Crippen LogP contribution in [0.2, 0.25) is 0 Å². The highest BCUT2D eigenvalue weighted by molar-refractivity contribution is 6.06. The Hall–Kier alpha value is -5.75. The molecule has 0 bridgehead atoms. The highest BCUT2D eigenvalue weighted by Crippen LogP contribution is 2.48. The molecule has 1 unspecified atom stereocenters. The number of methoxy groups -OCH3 is 1. The number of hydrogen-bond acceptors (Lipinski definition) is 10. The smallest absolute Gasteiger partial charge is 0.255 e. The number of piperazine rings is 1.